The molecule has 0 radical (unpaired) electrons. The second kappa shape index (κ2) is 8.79. The van der Waals surface area contributed by atoms with Gasteiger partial charge in [0, 0.05) is 11.6 Å². The van der Waals surface area contributed by atoms with Crippen LogP contribution in [-0.4, -0.2) is 31.9 Å². The summed E-state index contributed by atoms with van der Waals surface area (Å²) in [6.07, 6.45) is 4.33. The van der Waals surface area contributed by atoms with Gasteiger partial charge in [-0.05, 0) is 31.1 Å². The summed E-state index contributed by atoms with van der Waals surface area (Å²) in [5, 5.41) is 0. The Bertz CT molecular complexity index is 552. The molecular weight excluding hydrogens is 299 g/mol. The minimum atomic E-state index is -0.485. The normalized spacial score (nSPS) is 18.1. The fourth-order valence-corrected chi connectivity index (χ4v) is 2.33. The maximum Gasteiger partial charge on any atom is 0.330 e. The van der Waals surface area contributed by atoms with Gasteiger partial charge in [-0.25, -0.2) is 9.18 Å². The third-order valence-electron chi connectivity index (χ3n) is 3.54. The molecule has 0 bridgehead atoms. The van der Waals surface area contributed by atoms with Crippen molar-refractivity contribution in [3.8, 4) is 0 Å². The number of rotatable bonds is 9. The molecule has 126 valence electrons. The molecule has 2 atom stereocenters. The van der Waals surface area contributed by atoms with E-state index in [1.54, 1.807) is 13.0 Å². The quantitative estimate of drug-likeness (QED) is 0.395. The molecule has 1 aliphatic rings. The molecule has 0 N–H and O–H groups in total. The van der Waals surface area contributed by atoms with E-state index in [1.807, 2.05) is 6.07 Å². The largest absolute Gasteiger partial charge is 0.463 e. The fourth-order valence-electron chi connectivity index (χ4n) is 2.33. The van der Waals surface area contributed by atoms with Crippen molar-refractivity contribution in [3.05, 3.63) is 41.2 Å². The number of esters is 1. The van der Waals surface area contributed by atoms with Crippen LogP contribution in [0.3, 0.4) is 0 Å². The van der Waals surface area contributed by atoms with E-state index in [-0.39, 0.29) is 24.6 Å². The lowest BCUT2D eigenvalue weighted by atomic mass is 9.98. The van der Waals surface area contributed by atoms with Crippen LogP contribution in [0.4, 0.5) is 4.39 Å². The first-order chi connectivity index (χ1) is 11.2. The Morgan fingerprint density at radius 2 is 2.26 bits per heavy atom. The number of benzene rings is 1. The molecule has 0 aliphatic carbocycles. The smallest absolute Gasteiger partial charge is 0.330 e. The third-order valence-corrected chi connectivity index (χ3v) is 3.54. The number of carbonyl (C=O) groups excluding carboxylic acids is 1. The zero-order valence-electron chi connectivity index (χ0n) is 13.6. The molecule has 0 saturated carbocycles. The van der Waals surface area contributed by atoms with Gasteiger partial charge in [-0.2, -0.15) is 0 Å². The van der Waals surface area contributed by atoms with Crippen LogP contribution in [0, 0.1) is 5.82 Å². The van der Waals surface area contributed by atoms with E-state index >= 15 is 0 Å². The van der Waals surface area contributed by atoms with E-state index in [2.05, 4.69) is 6.92 Å². The summed E-state index contributed by atoms with van der Waals surface area (Å²) in [6.45, 7) is 5.29. The molecule has 23 heavy (non-hydrogen) atoms. The number of hydrogen-bond acceptors (Lipinski definition) is 4. The minimum Gasteiger partial charge on any atom is -0.463 e. The van der Waals surface area contributed by atoms with Gasteiger partial charge in [0.25, 0.3) is 0 Å². The lowest BCUT2D eigenvalue weighted by Crippen LogP contribution is -2.11. The highest BCUT2D eigenvalue weighted by atomic mass is 19.1. The molecule has 4 nitrogen and oxygen atoms in total. The van der Waals surface area contributed by atoms with E-state index in [1.165, 1.54) is 18.2 Å². The first-order valence-corrected chi connectivity index (χ1v) is 8.02. The van der Waals surface area contributed by atoms with Gasteiger partial charge in [-0.3, -0.25) is 0 Å². The summed E-state index contributed by atoms with van der Waals surface area (Å²) < 4.78 is 30.1. The lowest BCUT2D eigenvalue weighted by Gasteiger charge is -2.20. The molecule has 1 heterocycles. The van der Waals surface area contributed by atoms with Crippen molar-refractivity contribution in [2.45, 2.75) is 38.9 Å². The Labute approximate surface area is 136 Å². The Hall–Kier alpha value is -1.72. The van der Waals surface area contributed by atoms with Crippen LogP contribution in [-0.2, 0) is 19.0 Å². The summed E-state index contributed by atoms with van der Waals surface area (Å²) in [4.78, 5) is 11.5. The third kappa shape index (κ3) is 5.44. The average Bonchev–Trinajstić information content (AvgIpc) is 3.34. The molecule has 1 aromatic carbocycles. The van der Waals surface area contributed by atoms with Crippen LogP contribution in [0.15, 0.2) is 24.3 Å². The Balaban J connectivity index is 2.20. The van der Waals surface area contributed by atoms with Crippen LogP contribution in [0.1, 0.15) is 43.9 Å². The lowest BCUT2D eigenvalue weighted by molar-refractivity contribution is -0.137. The SMILES string of the molecule is CCC[C@@H](OCC1CO1)c1cccc(F)c1C=CC(=O)OCC. The van der Waals surface area contributed by atoms with E-state index in [0.717, 1.165) is 25.0 Å². The standard InChI is InChI=1S/C18H23FO4/c1-3-6-17(23-12-13-11-22-13)15-7-5-8-16(19)14(15)9-10-18(20)21-4-2/h5,7-10,13,17H,3-4,6,11-12H2,1-2H3/t13?,17-/m1/s1. The van der Waals surface area contributed by atoms with Crippen molar-refractivity contribution in [2.75, 3.05) is 19.8 Å². The second-order valence-electron chi connectivity index (χ2n) is 5.39. The molecule has 1 aliphatic heterocycles. The van der Waals surface area contributed by atoms with Crippen LogP contribution in [0.5, 0.6) is 0 Å². The molecule has 0 spiro atoms. The first-order valence-electron chi connectivity index (χ1n) is 8.02. The van der Waals surface area contributed by atoms with Gasteiger partial charge >= 0.3 is 5.97 Å². The zero-order valence-corrected chi connectivity index (χ0v) is 13.6. The van der Waals surface area contributed by atoms with E-state index in [0.29, 0.717) is 12.2 Å². The first kappa shape index (κ1) is 17.6. The van der Waals surface area contributed by atoms with E-state index in [9.17, 15) is 9.18 Å². The molecular formula is C18H23FO4. The van der Waals surface area contributed by atoms with Crippen molar-refractivity contribution in [2.24, 2.45) is 0 Å². The highest BCUT2D eigenvalue weighted by molar-refractivity contribution is 5.87. The van der Waals surface area contributed by atoms with Crippen molar-refractivity contribution in [3.63, 3.8) is 0 Å². The van der Waals surface area contributed by atoms with E-state index in [4.69, 9.17) is 14.2 Å². The maximum absolute atomic E-state index is 14.2. The fraction of sp³-hybridized carbons (Fsp3) is 0.500. The molecule has 1 saturated heterocycles. The number of carbonyl (C=O) groups is 1. The van der Waals surface area contributed by atoms with Gasteiger partial charge in [0.2, 0.25) is 0 Å². The van der Waals surface area contributed by atoms with Gasteiger partial charge in [0.15, 0.2) is 0 Å². The maximum atomic E-state index is 14.2. The van der Waals surface area contributed by atoms with Crippen LogP contribution >= 0.6 is 0 Å². The highest BCUT2D eigenvalue weighted by Crippen LogP contribution is 2.29. The molecule has 5 heteroatoms. The monoisotopic (exact) mass is 322 g/mol. The molecule has 2 rings (SSSR count). The Morgan fingerprint density at radius 3 is 2.91 bits per heavy atom. The summed E-state index contributed by atoms with van der Waals surface area (Å²) in [6, 6.07) is 4.87. The summed E-state index contributed by atoms with van der Waals surface area (Å²) in [5.41, 5.74) is 1.11. The van der Waals surface area contributed by atoms with Gasteiger partial charge in [0.05, 0.1) is 25.9 Å². The minimum absolute atomic E-state index is 0.154. The number of halogens is 1. The highest BCUT2D eigenvalue weighted by Gasteiger charge is 2.25. The predicted molar refractivity (Wildman–Crippen MR) is 85.4 cm³/mol. The molecule has 1 fully saturated rings. The molecule has 0 amide bonds. The summed E-state index contributed by atoms with van der Waals surface area (Å²) >= 11 is 0. The van der Waals surface area contributed by atoms with E-state index < -0.39 is 5.97 Å². The van der Waals surface area contributed by atoms with Gasteiger partial charge in [0.1, 0.15) is 11.9 Å². The van der Waals surface area contributed by atoms with Crippen LogP contribution in [0.25, 0.3) is 6.08 Å². The second-order valence-corrected chi connectivity index (χ2v) is 5.39. The molecule has 1 unspecified atom stereocenters. The van der Waals surface area contributed by atoms with Crippen LogP contribution < -0.4 is 0 Å². The van der Waals surface area contributed by atoms with Crippen molar-refractivity contribution in [1.82, 2.24) is 0 Å². The molecule has 0 aromatic heterocycles. The average molecular weight is 322 g/mol. The van der Waals surface area contributed by atoms with Crippen molar-refractivity contribution < 1.29 is 23.4 Å². The van der Waals surface area contributed by atoms with Crippen molar-refractivity contribution >= 4 is 12.0 Å². The summed E-state index contributed by atoms with van der Waals surface area (Å²) in [7, 11) is 0. The van der Waals surface area contributed by atoms with Gasteiger partial charge < -0.3 is 14.2 Å². The molecule has 1 aromatic rings. The number of ether oxygens (including phenoxy) is 3. The van der Waals surface area contributed by atoms with Crippen molar-refractivity contribution in [1.29, 1.82) is 0 Å². The number of hydrogen-bond donors (Lipinski definition) is 0. The summed E-state index contributed by atoms with van der Waals surface area (Å²) in [5.74, 6) is -0.864. The number of epoxide rings is 1. The predicted octanol–water partition coefficient (Wildman–Crippen LogP) is 3.66. The Morgan fingerprint density at radius 1 is 1.48 bits per heavy atom. The van der Waals surface area contributed by atoms with Gasteiger partial charge in [-0.1, -0.05) is 25.5 Å². The van der Waals surface area contributed by atoms with Gasteiger partial charge in [-0.15, -0.1) is 0 Å². The Kier molecular flexibility index (Phi) is 6.74. The van der Waals surface area contributed by atoms with Crippen LogP contribution in [0.2, 0.25) is 0 Å². The topological polar surface area (TPSA) is 48.1 Å². The zero-order chi connectivity index (χ0) is 16.7.